The van der Waals surface area contributed by atoms with Gasteiger partial charge < -0.3 is 5.11 Å². The van der Waals surface area contributed by atoms with Crippen molar-refractivity contribution in [2.24, 2.45) is 5.92 Å². The molecule has 0 aliphatic heterocycles. The van der Waals surface area contributed by atoms with Gasteiger partial charge in [-0.25, -0.2) is 8.78 Å². The molecule has 0 spiro atoms. The fourth-order valence-electron chi connectivity index (χ4n) is 2.06. The van der Waals surface area contributed by atoms with Crippen molar-refractivity contribution in [2.45, 2.75) is 25.2 Å². The number of carboxylic acids is 1. The van der Waals surface area contributed by atoms with Crippen molar-refractivity contribution in [1.82, 2.24) is 0 Å². The lowest BCUT2D eigenvalue weighted by Gasteiger charge is -2.16. The Kier molecular flexibility index (Phi) is 3.33. The molecule has 0 heterocycles. The molecular formula is C12H11ClF2O2. The van der Waals surface area contributed by atoms with Gasteiger partial charge in [-0.2, -0.15) is 0 Å². The minimum Gasteiger partial charge on any atom is -0.481 e. The van der Waals surface area contributed by atoms with E-state index < -0.39 is 23.5 Å². The molecule has 1 aliphatic rings. The summed E-state index contributed by atoms with van der Waals surface area (Å²) in [6.07, 6.45) is 1.62. The van der Waals surface area contributed by atoms with Gasteiger partial charge in [0.1, 0.15) is 11.6 Å². The summed E-state index contributed by atoms with van der Waals surface area (Å²) >= 11 is 5.78. The molecule has 0 bridgehead atoms. The molecule has 1 saturated carbocycles. The van der Waals surface area contributed by atoms with E-state index in [9.17, 15) is 13.6 Å². The number of carboxylic acid groups (broad SMARTS) is 1. The molecule has 17 heavy (non-hydrogen) atoms. The Labute approximate surface area is 102 Å². The maximum Gasteiger partial charge on any atom is 0.303 e. The zero-order chi connectivity index (χ0) is 12.6. The predicted molar refractivity (Wildman–Crippen MR) is 59.1 cm³/mol. The molecule has 2 rings (SSSR count). The number of rotatable bonds is 4. The highest BCUT2D eigenvalue weighted by atomic mass is 35.5. The van der Waals surface area contributed by atoms with Crippen LogP contribution in [0.1, 0.15) is 30.7 Å². The number of carbonyl (C=O) groups is 1. The highest BCUT2D eigenvalue weighted by Gasteiger charge is 2.35. The molecular weight excluding hydrogens is 250 g/mol. The zero-order valence-corrected chi connectivity index (χ0v) is 9.68. The average molecular weight is 261 g/mol. The topological polar surface area (TPSA) is 37.3 Å². The van der Waals surface area contributed by atoms with Crippen LogP contribution in [0.3, 0.4) is 0 Å². The van der Waals surface area contributed by atoms with Gasteiger partial charge in [0.15, 0.2) is 0 Å². The van der Waals surface area contributed by atoms with Crippen LogP contribution in [0.4, 0.5) is 8.78 Å². The van der Waals surface area contributed by atoms with Gasteiger partial charge in [-0.05, 0) is 36.3 Å². The van der Waals surface area contributed by atoms with E-state index in [0.29, 0.717) is 6.07 Å². The molecule has 2 nitrogen and oxygen atoms in total. The van der Waals surface area contributed by atoms with E-state index in [2.05, 4.69) is 0 Å². The number of aliphatic carboxylic acids is 1. The fourth-order valence-corrected chi connectivity index (χ4v) is 2.31. The standard InChI is InChI=1S/C12H11ClF2O2/c13-12-9(3-7(14)4-10(12)15)8(5-11(16)17)6-1-2-6/h3-4,6,8H,1-2,5H2,(H,16,17). The first kappa shape index (κ1) is 12.3. The lowest BCUT2D eigenvalue weighted by Crippen LogP contribution is -2.10. The Morgan fingerprint density at radius 3 is 2.65 bits per heavy atom. The average Bonchev–Trinajstić information content (AvgIpc) is 3.03. The van der Waals surface area contributed by atoms with Crippen LogP contribution in [0.5, 0.6) is 0 Å². The second kappa shape index (κ2) is 4.61. The lowest BCUT2D eigenvalue weighted by atomic mass is 9.91. The second-order valence-corrected chi connectivity index (χ2v) is 4.71. The summed E-state index contributed by atoms with van der Waals surface area (Å²) in [4.78, 5) is 10.8. The van der Waals surface area contributed by atoms with Crippen LogP contribution in [-0.4, -0.2) is 11.1 Å². The van der Waals surface area contributed by atoms with Crippen LogP contribution in [-0.2, 0) is 4.79 Å². The first-order chi connectivity index (χ1) is 7.99. The van der Waals surface area contributed by atoms with Crippen molar-refractivity contribution in [1.29, 1.82) is 0 Å². The quantitative estimate of drug-likeness (QED) is 0.840. The van der Waals surface area contributed by atoms with E-state index in [0.717, 1.165) is 18.9 Å². The van der Waals surface area contributed by atoms with E-state index in [1.54, 1.807) is 0 Å². The Morgan fingerprint density at radius 2 is 2.12 bits per heavy atom. The van der Waals surface area contributed by atoms with Gasteiger partial charge >= 0.3 is 5.97 Å². The molecule has 1 N–H and O–H groups in total. The summed E-state index contributed by atoms with van der Waals surface area (Å²) in [6.45, 7) is 0. The second-order valence-electron chi connectivity index (χ2n) is 4.33. The molecule has 0 saturated heterocycles. The normalized spacial score (nSPS) is 16.9. The van der Waals surface area contributed by atoms with Crippen LogP contribution < -0.4 is 0 Å². The molecule has 1 aromatic carbocycles. The van der Waals surface area contributed by atoms with Gasteiger partial charge in [0.2, 0.25) is 0 Å². The highest BCUT2D eigenvalue weighted by molar-refractivity contribution is 6.31. The van der Waals surface area contributed by atoms with Crippen molar-refractivity contribution < 1.29 is 18.7 Å². The summed E-state index contributed by atoms with van der Waals surface area (Å²) in [7, 11) is 0. The van der Waals surface area contributed by atoms with E-state index in [-0.39, 0.29) is 22.9 Å². The maximum atomic E-state index is 13.3. The monoisotopic (exact) mass is 260 g/mol. The van der Waals surface area contributed by atoms with Gasteiger partial charge in [0.05, 0.1) is 11.4 Å². The van der Waals surface area contributed by atoms with Crippen molar-refractivity contribution in [3.05, 3.63) is 34.4 Å². The van der Waals surface area contributed by atoms with Gasteiger partial charge in [0, 0.05) is 6.07 Å². The number of halogens is 3. The van der Waals surface area contributed by atoms with Gasteiger partial charge in [0.25, 0.3) is 0 Å². The summed E-state index contributed by atoms with van der Waals surface area (Å²) in [6, 6.07) is 1.84. The van der Waals surface area contributed by atoms with Crippen molar-refractivity contribution in [3.63, 3.8) is 0 Å². The fraction of sp³-hybridized carbons (Fsp3) is 0.417. The molecule has 1 atom stereocenters. The van der Waals surface area contributed by atoms with Crippen LogP contribution >= 0.6 is 11.6 Å². The number of hydrogen-bond donors (Lipinski definition) is 1. The largest absolute Gasteiger partial charge is 0.481 e. The Morgan fingerprint density at radius 1 is 1.47 bits per heavy atom. The number of benzene rings is 1. The van der Waals surface area contributed by atoms with Crippen LogP contribution in [0.2, 0.25) is 5.02 Å². The van der Waals surface area contributed by atoms with Crippen molar-refractivity contribution >= 4 is 17.6 Å². The Bertz CT molecular complexity index is 458. The van der Waals surface area contributed by atoms with E-state index >= 15 is 0 Å². The summed E-state index contributed by atoms with van der Waals surface area (Å²) in [5.41, 5.74) is 0.272. The van der Waals surface area contributed by atoms with Crippen LogP contribution in [0, 0.1) is 17.6 Å². The first-order valence-electron chi connectivity index (χ1n) is 5.35. The van der Waals surface area contributed by atoms with Gasteiger partial charge in [-0.15, -0.1) is 0 Å². The summed E-state index contributed by atoms with van der Waals surface area (Å²) in [5, 5.41) is 8.66. The highest BCUT2D eigenvalue weighted by Crippen LogP contribution is 2.46. The third kappa shape index (κ3) is 2.75. The van der Waals surface area contributed by atoms with Crippen molar-refractivity contribution in [3.8, 4) is 0 Å². The molecule has 1 fully saturated rings. The molecule has 0 radical (unpaired) electrons. The SMILES string of the molecule is O=C(O)CC(c1cc(F)cc(F)c1Cl)C1CC1. The molecule has 1 aliphatic carbocycles. The Hall–Kier alpha value is -1.16. The summed E-state index contributed by atoms with van der Waals surface area (Å²) in [5.74, 6) is -2.77. The third-order valence-corrected chi connectivity index (χ3v) is 3.40. The minimum atomic E-state index is -0.984. The van der Waals surface area contributed by atoms with E-state index in [1.165, 1.54) is 0 Å². The number of hydrogen-bond acceptors (Lipinski definition) is 1. The molecule has 1 unspecified atom stereocenters. The first-order valence-corrected chi connectivity index (χ1v) is 5.73. The summed E-state index contributed by atoms with van der Waals surface area (Å²) < 4.78 is 26.4. The smallest absolute Gasteiger partial charge is 0.303 e. The molecule has 5 heteroatoms. The van der Waals surface area contributed by atoms with E-state index in [1.807, 2.05) is 0 Å². The molecule has 0 aromatic heterocycles. The van der Waals surface area contributed by atoms with Gasteiger partial charge in [-0.1, -0.05) is 11.6 Å². The molecule has 0 amide bonds. The minimum absolute atomic E-state index is 0.146. The maximum absolute atomic E-state index is 13.3. The lowest BCUT2D eigenvalue weighted by molar-refractivity contribution is -0.137. The van der Waals surface area contributed by atoms with Crippen LogP contribution in [0.15, 0.2) is 12.1 Å². The van der Waals surface area contributed by atoms with E-state index in [4.69, 9.17) is 16.7 Å². The van der Waals surface area contributed by atoms with Crippen LogP contribution in [0.25, 0.3) is 0 Å². The van der Waals surface area contributed by atoms with Crippen molar-refractivity contribution in [2.75, 3.05) is 0 Å². The molecule has 1 aromatic rings. The Balaban J connectivity index is 2.38. The molecule has 92 valence electrons. The predicted octanol–water partition coefficient (Wildman–Crippen LogP) is 3.59. The zero-order valence-electron chi connectivity index (χ0n) is 8.92. The van der Waals surface area contributed by atoms with Gasteiger partial charge in [-0.3, -0.25) is 4.79 Å². The third-order valence-electron chi connectivity index (χ3n) is 3.01.